The van der Waals surface area contributed by atoms with Crippen molar-refractivity contribution in [3.63, 3.8) is 0 Å². The summed E-state index contributed by atoms with van der Waals surface area (Å²) in [6.45, 7) is -0.290. The molecule has 0 radical (unpaired) electrons. The van der Waals surface area contributed by atoms with E-state index in [-0.39, 0.29) is 6.54 Å². The number of hydrogen-bond donors (Lipinski definition) is 1. The van der Waals surface area contributed by atoms with Crippen LogP contribution in [0.5, 0.6) is 0 Å². The Morgan fingerprint density at radius 1 is 1.14 bits per heavy atom. The van der Waals surface area contributed by atoms with Gasteiger partial charge in [-0.1, -0.05) is 30.3 Å². The second-order valence-corrected chi connectivity index (χ2v) is 4.69. The van der Waals surface area contributed by atoms with Gasteiger partial charge in [0.05, 0.1) is 23.3 Å². The van der Waals surface area contributed by atoms with Crippen LogP contribution in [0.2, 0.25) is 0 Å². The molecule has 2 heterocycles. The second-order valence-electron chi connectivity index (χ2n) is 4.69. The Balaban J connectivity index is 2.09. The molecule has 3 rings (SSSR count). The Hall–Kier alpha value is -3.02. The van der Waals surface area contributed by atoms with Gasteiger partial charge in [-0.25, -0.2) is 4.39 Å². The number of hydrogen-bond acceptors (Lipinski definition) is 3. The van der Waals surface area contributed by atoms with E-state index in [2.05, 4.69) is 10.1 Å². The van der Waals surface area contributed by atoms with E-state index < -0.39 is 11.8 Å². The van der Waals surface area contributed by atoms with Crippen LogP contribution in [0.25, 0.3) is 22.6 Å². The molecule has 0 aliphatic heterocycles. The van der Waals surface area contributed by atoms with Crippen molar-refractivity contribution in [2.45, 2.75) is 6.54 Å². The van der Waals surface area contributed by atoms with Crippen LogP contribution in [0, 0.1) is 5.82 Å². The summed E-state index contributed by atoms with van der Waals surface area (Å²) < 4.78 is 14.4. The van der Waals surface area contributed by atoms with Crippen molar-refractivity contribution in [2.75, 3.05) is 0 Å². The highest BCUT2D eigenvalue weighted by Gasteiger charge is 2.14. The fraction of sp³-hybridized carbons (Fsp3) is 0.0625. The van der Waals surface area contributed by atoms with Crippen molar-refractivity contribution < 1.29 is 14.3 Å². The molecular formula is C16H12FN3O2. The predicted octanol–water partition coefficient (Wildman–Crippen LogP) is 2.84. The molecule has 0 aliphatic carbocycles. The molecule has 0 saturated carbocycles. The predicted molar refractivity (Wildman–Crippen MR) is 78.5 cm³/mol. The lowest BCUT2D eigenvalue weighted by atomic mass is 10.1. The SMILES string of the molecule is O=C(O)Cn1nc(-c2ccccc2)cc1-c1ccc(F)cn1. The van der Waals surface area contributed by atoms with Gasteiger partial charge >= 0.3 is 5.97 Å². The molecule has 1 aromatic carbocycles. The number of carboxylic acids is 1. The van der Waals surface area contributed by atoms with Crippen LogP contribution in [0.1, 0.15) is 0 Å². The molecule has 1 N–H and O–H groups in total. The highest BCUT2D eigenvalue weighted by Crippen LogP contribution is 2.25. The minimum atomic E-state index is -1.01. The summed E-state index contributed by atoms with van der Waals surface area (Å²) in [5.41, 5.74) is 2.51. The minimum absolute atomic E-state index is 0.290. The molecular weight excluding hydrogens is 285 g/mol. The molecule has 110 valence electrons. The first-order valence-corrected chi connectivity index (χ1v) is 6.60. The van der Waals surface area contributed by atoms with E-state index in [0.29, 0.717) is 17.1 Å². The largest absolute Gasteiger partial charge is 0.480 e. The summed E-state index contributed by atoms with van der Waals surface area (Å²) in [6, 6.07) is 13.9. The third kappa shape index (κ3) is 2.85. The molecule has 0 fully saturated rings. The van der Waals surface area contributed by atoms with Gasteiger partial charge in [0.15, 0.2) is 0 Å². The number of halogens is 1. The number of benzene rings is 1. The molecule has 3 aromatic rings. The summed E-state index contributed by atoms with van der Waals surface area (Å²) >= 11 is 0. The lowest BCUT2D eigenvalue weighted by Gasteiger charge is -2.03. The average molecular weight is 297 g/mol. The maximum atomic E-state index is 13.0. The molecule has 0 saturated heterocycles. The number of nitrogens with zero attached hydrogens (tertiary/aromatic N) is 3. The fourth-order valence-corrected chi connectivity index (χ4v) is 2.15. The van der Waals surface area contributed by atoms with Crippen molar-refractivity contribution >= 4 is 5.97 Å². The fourth-order valence-electron chi connectivity index (χ4n) is 2.15. The summed E-state index contributed by atoms with van der Waals surface area (Å²) in [5.74, 6) is -1.46. The van der Waals surface area contributed by atoms with Crippen molar-refractivity contribution in [1.29, 1.82) is 0 Å². The summed E-state index contributed by atoms with van der Waals surface area (Å²) in [6.07, 6.45) is 1.09. The van der Waals surface area contributed by atoms with E-state index in [1.165, 1.54) is 16.8 Å². The molecule has 0 aliphatic rings. The van der Waals surface area contributed by atoms with E-state index in [0.717, 1.165) is 11.8 Å². The standard InChI is InChI=1S/C16H12FN3O2/c17-12-6-7-13(18-9-12)15-8-14(11-4-2-1-3-5-11)19-20(15)10-16(21)22/h1-9H,10H2,(H,21,22). The molecule has 0 bridgehead atoms. The normalized spacial score (nSPS) is 10.6. The monoisotopic (exact) mass is 297 g/mol. The quantitative estimate of drug-likeness (QED) is 0.804. The zero-order valence-electron chi connectivity index (χ0n) is 11.5. The first-order chi connectivity index (χ1) is 10.6. The first kappa shape index (κ1) is 13.9. The maximum absolute atomic E-state index is 13.0. The van der Waals surface area contributed by atoms with Gasteiger partial charge in [0, 0.05) is 5.56 Å². The van der Waals surface area contributed by atoms with Crippen LogP contribution in [0.15, 0.2) is 54.7 Å². The van der Waals surface area contributed by atoms with Gasteiger partial charge in [0.1, 0.15) is 12.4 Å². The highest BCUT2D eigenvalue weighted by molar-refractivity contribution is 5.71. The molecule has 0 amide bonds. The van der Waals surface area contributed by atoms with Gasteiger partial charge in [-0.2, -0.15) is 5.10 Å². The van der Waals surface area contributed by atoms with Crippen LogP contribution >= 0.6 is 0 Å². The lowest BCUT2D eigenvalue weighted by molar-refractivity contribution is -0.137. The first-order valence-electron chi connectivity index (χ1n) is 6.60. The van der Waals surface area contributed by atoms with Crippen molar-refractivity contribution in [3.8, 4) is 22.6 Å². The van der Waals surface area contributed by atoms with Gasteiger partial charge < -0.3 is 5.11 Å². The Morgan fingerprint density at radius 2 is 1.91 bits per heavy atom. The maximum Gasteiger partial charge on any atom is 0.325 e. The van der Waals surface area contributed by atoms with E-state index in [1.54, 1.807) is 6.07 Å². The highest BCUT2D eigenvalue weighted by atomic mass is 19.1. The van der Waals surface area contributed by atoms with Crippen LogP contribution in [-0.4, -0.2) is 25.8 Å². The van der Waals surface area contributed by atoms with E-state index in [9.17, 15) is 9.18 Å². The lowest BCUT2D eigenvalue weighted by Crippen LogP contribution is -2.11. The second kappa shape index (κ2) is 5.77. The van der Waals surface area contributed by atoms with Crippen molar-refractivity contribution in [3.05, 3.63) is 60.5 Å². The Morgan fingerprint density at radius 3 is 2.55 bits per heavy atom. The average Bonchev–Trinajstić information content (AvgIpc) is 2.92. The van der Waals surface area contributed by atoms with E-state index in [1.807, 2.05) is 30.3 Å². The van der Waals surface area contributed by atoms with Crippen LogP contribution < -0.4 is 0 Å². The molecule has 0 spiro atoms. The summed E-state index contributed by atoms with van der Waals surface area (Å²) in [5, 5.41) is 13.3. The van der Waals surface area contributed by atoms with Crippen LogP contribution in [-0.2, 0) is 11.3 Å². The third-order valence-corrected chi connectivity index (χ3v) is 3.12. The topological polar surface area (TPSA) is 68.0 Å². The van der Waals surface area contributed by atoms with Gasteiger partial charge in [-0.3, -0.25) is 14.5 Å². The molecule has 5 nitrogen and oxygen atoms in total. The number of aliphatic carboxylic acids is 1. The third-order valence-electron chi connectivity index (χ3n) is 3.12. The van der Waals surface area contributed by atoms with E-state index in [4.69, 9.17) is 5.11 Å². The Bertz CT molecular complexity index is 798. The van der Waals surface area contributed by atoms with Crippen molar-refractivity contribution in [1.82, 2.24) is 14.8 Å². The zero-order valence-corrected chi connectivity index (χ0v) is 11.5. The molecule has 0 unspecified atom stereocenters. The molecule has 0 atom stereocenters. The molecule has 2 aromatic heterocycles. The molecule has 6 heteroatoms. The van der Waals surface area contributed by atoms with Gasteiger partial charge in [-0.05, 0) is 18.2 Å². The smallest absolute Gasteiger partial charge is 0.325 e. The molecule has 22 heavy (non-hydrogen) atoms. The van der Waals surface area contributed by atoms with Gasteiger partial charge in [0.25, 0.3) is 0 Å². The zero-order chi connectivity index (χ0) is 15.5. The van der Waals surface area contributed by atoms with Crippen molar-refractivity contribution in [2.24, 2.45) is 0 Å². The Kier molecular flexibility index (Phi) is 3.65. The number of rotatable bonds is 4. The van der Waals surface area contributed by atoms with E-state index >= 15 is 0 Å². The number of carbonyl (C=O) groups is 1. The van der Waals surface area contributed by atoms with Crippen LogP contribution in [0.4, 0.5) is 4.39 Å². The van der Waals surface area contributed by atoms with Gasteiger partial charge in [-0.15, -0.1) is 0 Å². The summed E-state index contributed by atoms with van der Waals surface area (Å²) in [7, 11) is 0. The Labute approximate surface area is 125 Å². The van der Waals surface area contributed by atoms with Gasteiger partial charge in [0.2, 0.25) is 0 Å². The number of aromatic nitrogens is 3. The number of carboxylic acid groups (broad SMARTS) is 1. The van der Waals surface area contributed by atoms with Crippen LogP contribution in [0.3, 0.4) is 0 Å². The minimum Gasteiger partial charge on any atom is -0.480 e. The summed E-state index contributed by atoms with van der Waals surface area (Å²) in [4.78, 5) is 15.0. The number of pyridine rings is 1.